The molecule has 3 aromatic carbocycles. The molecule has 0 bridgehead atoms. The summed E-state index contributed by atoms with van der Waals surface area (Å²) in [6, 6.07) is 27.0. The van der Waals surface area contributed by atoms with Crippen molar-refractivity contribution in [3.8, 4) is 0 Å². The van der Waals surface area contributed by atoms with Gasteiger partial charge in [0.2, 0.25) is 0 Å². The molecule has 30 heavy (non-hydrogen) atoms. The lowest BCUT2D eigenvalue weighted by Crippen LogP contribution is -2.16. The summed E-state index contributed by atoms with van der Waals surface area (Å²) in [5, 5.41) is 11.1. The Kier molecular flexibility index (Phi) is 6.66. The minimum atomic E-state index is -0.540. The molecule has 0 radical (unpaired) electrons. The monoisotopic (exact) mass is 398 g/mol. The van der Waals surface area contributed by atoms with Crippen LogP contribution in [0.5, 0.6) is 0 Å². The van der Waals surface area contributed by atoms with Crippen LogP contribution in [0.15, 0.2) is 84.6 Å². The van der Waals surface area contributed by atoms with Crippen molar-refractivity contribution in [2.75, 3.05) is 0 Å². The number of aliphatic hydroxyl groups is 1. The molecule has 154 valence electrons. The van der Waals surface area contributed by atoms with E-state index in [1.54, 1.807) is 0 Å². The van der Waals surface area contributed by atoms with Gasteiger partial charge in [0.1, 0.15) is 6.10 Å². The Morgan fingerprint density at radius 2 is 1.57 bits per heavy atom. The van der Waals surface area contributed by atoms with Crippen LogP contribution in [0.2, 0.25) is 0 Å². The van der Waals surface area contributed by atoms with Crippen molar-refractivity contribution >= 4 is 6.08 Å². The number of rotatable bonds is 8. The van der Waals surface area contributed by atoms with Gasteiger partial charge in [0, 0.05) is 24.8 Å². The third kappa shape index (κ3) is 4.83. The highest BCUT2D eigenvalue weighted by Gasteiger charge is 2.26. The van der Waals surface area contributed by atoms with Crippen molar-refractivity contribution in [1.29, 1.82) is 0 Å². The Morgan fingerprint density at radius 1 is 0.867 bits per heavy atom. The van der Waals surface area contributed by atoms with Crippen LogP contribution in [0, 0.1) is 0 Å². The molecule has 3 aromatic rings. The summed E-state index contributed by atoms with van der Waals surface area (Å²) < 4.78 is 6.45. The van der Waals surface area contributed by atoms with Gasteiger partial charge in [-0.05, 0) is 34.8 Å². The first-order chi connectivity index (χ1) is 14.7. The van der Waals surface area contributed by atoms with Gasteiger partial charge < -0.3 is 9.84 Å². The minimum Gasteiger partial charge on any atom is -0.490 e. The van der Waals surface area contributed by atoms with Crippen LogP contribution >= 0.6 is 0 Å². The van der Waals surface area contributed by atoms with Crippen LogP contribution in [0.25, 0.3) is 6.08 Å². The van der Waals surface area contributed by atoms with Crippen molar-refractivity contribution < 1.29 is 9.84 Å². The highest BCUT2D eigenvalue weighted by molar-refractivity contribution is 5.63. The van der Waals surface area contributed by atoms with Gasteiger partial charge in [-0.25, -0.2) is 0 Å². The zero-order chi connectivity index (χ0) is 20.8. The fourth-order valence-electron chi connectivity index (χ4n) is 4.19. The maximum absolute atomic E-state index is 11.1. The van der Waals surface area contributed by atoms with E-state index in [1.807, 2.05) is 24.3 Å². The molecule has 0 amide bonds. The van der Waals surface area contributed by atoms with Crippen LogP contribution in [-0.4, -0.2) is 5.11 Å². The van der Waals surface area contributed by atoms with Gasteiger partial charge in [-0.1, -0.05) is 92.2 Å². The third-order valence-corrected chi connectivity index (χ3v) is 5.79. The molecule has 0 fully saturated rings. The minimum absolute atomic E-state index is 0.0249. The largest absolute Gasteiger partial charge is 0.490 e. The van der Waals surface area contributed by atoms with E-state index >= 15 is 0 Å². The molecule has 1 N–H and O–H groups in total. The molecule has 2 nitrogen and oxygen atoms in total. The van der Waals surface area contributed by atoms with E-state index in [2.05, 4.69) is 67.6 Å². The van der Waals surface area contributed by atoms with Crippen LogP contribution in [0.1, 0.15) is 66.2 Å². The molecule has 1 aliphatic rings. The summed E-state index contributed by atoms with van der Waals surface area (Å²) in [5.74, 6) is 1.03. The lowest BCUT2D eigenvalue weighted by Gasteiger charge is -2.30. The number of hydrogen-bond acceptors (Lipinski definition) is 2. The molecule has 0 aliphatic carbocycles. The van der Waals surface area contributed by atoms with E-state index < -0.39 is 6.10 Å². The Bertz CT molecular complexity index is 976. The fourth-order valence-corrected chi connectivity index (χ4v) is 4.19. The SMILES string of the molecule is CCCCC1=Cc2c([C@H](O)Cc3ccccc3)cccc2[C@H](Cc2ccccc2)O1. The average Bonchev–Trinajstić information content (AvgIpc) is 2.78. The first-order valence-corrected chi connectivity index (χ1v) is 11.0. The number of ether oxygens (including phenoxy) is 1. The molecule has 4 rings (SSSR count). The standard InChI is InChI=1S/C28H30O2/c1-2-3-15-23-20-26-24(27(29)18-21-11-6-4-7-12-21)16-10-17-25(26)28(30-23)19-22-13-8-5-9-14-22/h4-14,16-17,20,27-29H,2-3,15,18-19H2,1H3/t27-,28+/m1/s1. The molecule has 1 aliphatic heterocycles. The number of unbranched alkanes of at least 4 members (excludes halogenated alkanes) is 1. The molecule has 2 atom stereocenters. The van der Waals surface area contributed by atoms with E-state index in [-0.39, 0.29) is 6.10 Å². The number of aliphatic hydroxyl groups excluding tert-OH is 1. The van der Waals surface area contributed by atoms with E-state index in [0.29, 0.717) is 6.42 Å². The van der Waals surface area contributed by atoms with Gasteiger partial charge in [0.25, 0.3) is 0 Å². The maximum Gasteiger partial charge on any atom is 0.128 e. The summed E-state index contributed by atoms with van der Waals surface area (Å²) in [6.45, 7) is 2.20. The normalized spacial score (nSPS) is 16.3. The van der Waals surface area contributed by atoms with Gasteiger partial charge in [-0.15, -0.1) is 0 Å². The molecule has 1 heterocycles. The van der Waals surface area contributed by atoms with Gasteiger partial charge >= 0.3 is 0 Å². The van der Waals surface area contributed by atoms with Crippen LogP contribution < -0.4 is 0 Å². The topological polar surface area (TPSA) is 29.5 Å². The van der Waals surface area contributed by atoms with Crippen molar-refractivity contribution in [2.45, 2.75) is 51.2 Å². The zero-order valence-corrected chi connectivity index (χ0v) is 17.6. The van der Waals surface area contributed by atoms with E-state index in [1.165, 1.54) is 11.1 Å². The van der Waals surface area contributed by atoms with E-state index in [9.17, 15) is 5.11 Å². The average molecular weight is 399 g/mol. The summed E-state index contributed by atoms with van der Waals surface area (Å²) in [4.78, 5) is 0. The van der Waals surface area contributed by atoms with E-state index in [4.69, 9.17) is 4.74 Å². The van der Waals surface area contributed by atoms with Crippen LogP contribution in [0.3, 0.4) is 0 Å². The Morgan fingerprint density at radius 3 is 2.27 bits per heavy atom. The second-order valence-electron chi connectivity index (χ2n) is 8.07. The predicted molar refractivity (Wildman–Crippen MR) is 123 cm³/mol. The maximum atomic E-state index is 11.1. The predicted octanol–water partition coefficient (Wildman–Crippen LogP) is 6.81. The van der Waals surface area contributed by atoms with Crippen LogP contribution in [-0.2, 0) is 17.6 Å². The Hall–Kier alpha value is -2.84. The Balaban J connectivity index is 1.67. The summed E-state index contributed by atoms with van der Waals surface area (Å²) in [5.41, 5.74) is 5.71. The lowest BCUT2D eigenvalue weighted by molar-refractivity contribution is 0.106. The van der Waals surface area contributed by atoms with Crippen molar-refractivity contribution in [3.63, 3.8) is 0 Å². The highest BCUT2D eigenvalue weighted by atomic mass is 16.5. The Labute approximate surface area is 179 Å². The first-order valence-electron chi connectivity index (χ1n) is 11.0. The van der Waals surface area contributed by atoms with Gasteiger partial charge in [-0.2, -0.15) is 0 Å². The summed E-state index contributed by atoms with van der Waals surface area (Å²) >= 11 is 0. The summed E-state index contributed by atoms with van der Waals surface area (Å²) in [7, 11) is 0. The van der Waals surface area contributed by atoms with Gasteiger partial charge in [0.15, 0.2) is 0 Å². The quantitative estimate of drug-likeness (QED) is 0.452. The second-order valence-corrected chi connectivity index (χ2v) is 8.07. The van der Waals surface area contributed by atoms with Crippen LogP contribution in [0.4, 0.5) is 0 Å². The second kappa shape index (κ2) is 9.77. The number of allylic oxidation sites excluding steroid dienone is 1. The van der Waals surface area contributed by atoms with E-state index in [0.717, 1.165) is 48.1 Å². The highest BCUT2D eigenvalue weighted by Crippen LogP contribution is 2.39. The summed E-state index contributed by atoms with van der Waals surface area (Å²) in [6.07, 6.45) is 6.21. The van der Waals surface area contributed by atoms with Crippen molar-refractivity contribution in [1.82, 2.24) is 0 Å². The molecule has 0 saturated carbocycles. The lowest BCUT2D eigenvalue weighted by atomic mass is 9.87. The van der Waals surface area contributed by atoms with Crippen molar-refractivity contribution in [2.24, 2.45) is 0 Å². The number of benzene rings is 3. The molecule has 0 saturated heterocycles. The fraction of sp³-hybridized carbons (Fsp3) is 0.286. The third-order valence-electron chi connectivity index (χ3n) is 5.79. The molecule has 0 aromatic heterocycles. The molecule has 0 unspecified atom stereocenters. The zero-order valence-electron chi connectivity index (χ0n) is 17.6. The molecule has 0 spiro atoms. The molecular formula is C28H30O2. The first kappa shape index (κ1) is 20.4. The number of fused-ring (bicyclic) bond motifs is 1. The number of hydrogen-bond donors (Lipinski definition) is 1. The van der Waals surface area contributed by atoms with Gasteiger partial charge in [-0.3, -0.25) is 0 Å². The molecule has 2 heteroatoms. The molecular weight excluding hydrogens is 368 g/mol. The smallest absolute Gasteiger partial charge is 0.128 e. The van der Waals surface area contributed by atoms with Crippen molar-refractivity contribution in [3.05, 3.63) is 112 Å². The van der Waals surface area contributed by atoms with Gasteiger partial charge in [0.05, 0.1) is 11.9 Å².